The summed E-state index contributed by atoms with van der Waals surface area (Å²) in [7, 11) is 0. The molecular weight excluding hydrogens is 539 g/mol. The molecule has 3 aromatic carbocycles. The molecule has 1 aliphatic rings. The largest absolute Gasteiger partial charge is 0.489 e. The number of carbonyl (C=O) groups is 1. The fraction of sp³-hybridized carbons (Fsp3) is 0.447. The van der Waals surface area contributed by atoms with E-state index in [9.17, 15) is 4.79 Å². The van der Waals surface area contributed by atoms with Crippen molar-refractivity contribution in [2.75, 3.05) is 19.8 Å². The maximum Gasteiger partial charge on any atom is 0.333 e. The molecule has 4 nitrogen and oxygen atoms in total. The van der Waals surface area contributed by atoms with Crippen LogP contribution in [0, 0.1) is 11.7 Å². The molecule has 3 aromatic rings. The zero-order valence-corrected chi connectivity index (χ0v) is 25.9. The van der Waals surface area contributed by atoms with Gasteiger partial charge in [-0.3, -0.25) is 0 Å². The van der Waals surface area contributed by atoms with Crippen LogP contribution < -0.4 is 4.74 Å². The molecule has 230 valence electrons. The van der Waals surface area contributed by atoms with Gasteiger partial charge >= 0.3 is 5.97 Å². The molecule has 0 aliphatic heterocycles. The molecule has 0 heterocycles. The van der Waals surface area contributed by atoms with Crippen molar-refractivity contribution in [3.8, 4) is 28.0 Å². The lowest BCUT2D eigenvalue weighted by molar-refractivity contribution is -0.139. The Labute approximate surface area is 256 Å². The quantitative estimate of drug-likeness (QED) is 0.109. The fourth-order valence-corrected chi connectivity index (χ4v) is 6.08. The summed E-state index contributed by atoms with van der Waals surface area (Å²) in [6.07, 6.45) is 11.6. The Hall–Kier alpha value is -3.44. The van der Waals surface area contributed by atoms with Crippen molar-refractivity contribution < 1.29 is 23.8 Å². The number of esters is 1. The van der Waals surface area contributed by atoms with Gasteiger partial charge in [-0.05, 0) is 91.7 Å². The molecule has 5 heteroatoms. The van der Waals surface area contributed by atoms with Crippen molar-refractivity contribution in [1.29, 1.82) is 0 Å². The van der Waals surface area contributed by atoms with Crippen LogP contribution in [0.1, 0.15) is 88.7 Å². The number of halogens is 1. The molecule has 43 heavy (non-hydrogen) atoms. The number of ether oxygens (including phenoxy) is 2. The molecule has 1 N–H and O–H groups in total. The van der Waals surface area contributed by atoms with E-state index in [1.807, 2.05) is 42.5 Å². The van der Waals surface area contributed by atoms with Gasteiger partial charge in [0, 0.05) is 23.3 Å². The SMILES string of the molecule is C=C(C)C(=O)OCCOc1cc(C2CCC(CCCCC)CC2)ccc1-c1ccc(-c2ccc(CCCO)cc2)c(F)c1. The van der Waals surface area contributed by atoms with Gasteiger partial charge in [0.05, 0.1) is 0 Å². The number of carbonyl (C=O) groups excluding carboxylic acids is 1. The number of hydrogen-bond donors (Lipinski definition) is 1. The normalized spacial score (nSPS) is 16.6. The first kappa shape index (κ1) is 32.5. The molecule has 1 fully saturated rings. The minimum atomic E-state index is -0.438. The second-order valence-corrected chi connectivity index (χ2v) is 12.0. The summed E-state index contributed by atoms with van der Waals surface area (Å²) in [5, 5.41) is 9.08. The van der Waals surface area contributed by atoms with Crippen molar-refractivity contribution in [1.82, 2.24) is 0 Å². The van der Waals surface area contributed by atoms with Crippen LogP contribution in [0.25, 0.3) is 22.3 Å². The highest BCUT2D eigenvalue weighted by Gasteiger charge is 2.23. The average Bonchev–Trinajstić information content (AvgIpc) is 3.02. The summed E-state index contributed by atoms with van der Waals surface area (Å²) in [4.78, 5) is 11.8. The monoisotopic (exact) mass is 586 g/mol. The lowest BCUT2D eigenvalue weighted by Gasteiger charge is -2.29. The van der Waals surface area contributed by atoms with Crippen LogP contribution in [-0.4, -0.2) is 30.9 Å². The topological polar surface area (TPSA) is 55.8 Å². The fourth-order valence-electron chi connectivity index (χ4n) is 6.08. The van der Waals surface area contributed by atoms with E-state index in [0.717, 1.165) is 34.6 Å². The number of aryl methyl sites for hydroxylation is 1. The number of rotatable bonds is 15. The van der Waals surface area contributed by atoms with Crippen molar-refractivity contribution in [3.63, 3.8) is 0 Å². The number of hydrogen-bond acceptors (Lipinski definition) is 4. The molecule has 0 amide bonds. The first-order valence-corrected chi connectivity index (χ1v) is 16.0. The Balaban J connectivity index is 1.52. The Kier molecular flexibility index (Phi) is 12.4. The van der Waals surface area contributed by atoms with E-state index in [2.05, 4.69) is 25.6 Å². The van der Waals surface area contributed by atoms with Gasteiger partial charge in [0.2, 0.25) is 0 Å². The molecule has 0 radical (unpaired) electrons. The second-order valence-electron chi connectivity index (χ2n) is 12.0. The number of benzene rings is 3. The van der Waals surface area contributed by atoms with Gasteiger partial charge in [-0.25, -0.2) is 9.18 Å². The highest BCUT2D eigenvalue weighted by atomic mass is 19.1. The minimum absolute atomic E-state index is 0.111. The van der Waals surface area contributed by atoms with Gasteiger partial charge in [0.15, 0.2) is 0 Å². The van der Waals surface area contributed by atoms with Crippen molar-refractivity contribution in [2.45, 2.75) is 84.0 Å². The van der Waals surface area contributed by atoms with Crippen molar-refractivity contribution >= 4 is 5.97 Å². The maximum atomic E-state index is 15.5. The summed E-state index contributed by atoms with van der Waals surface area (Å²) in [6, 6.07) is 19.5. The Bertz CT molecular complexity index is 1340. The molecule has 0 unspecified atom stereocenters. The smallest absolute Gasteiger partial charge is 0.333 e. The zero-order valence-electron chi connectivity index (χ0n) is 25.9. The van der Waals surface area contributed by atoms with Crippen LogP contribution in [0.5, 0.6) is 5.75 Å². The van der Waals surface area contributed by atoms with Crippen LogP contribution in [0.4, 0.5) is 4.39 Å². The molecule has 0 saturated heterocycles. The molecule has 0 aromatic heterocycles. The van der Waals surface area contributed by atoms with E-state index in [1.54, 1.807) is 13.0 Å². The van der Waals surface area contributed by atoms with Gasteiger partial charge in [0.25, 0.3) is 0 Å². The molecule has 1 aliphatic carbocycles. The third kappa shape index (κ3) is 9.27. The molecule has 1 saturated carbocycles. The number of aliphatic hydroxyl groups excluding tert-OH is 1. The highest BCUT2D eigenvalue weighted by molar-refractivity contribution is 5.86. The predicted octanol–water partition coefficient (Wildman–Crippen LogP) is 9.44. The van der Waals surface area contributed by atoms with Crippen molar-refractivity contribution in [3.05, 3.63) is 89.8 Å². The zero-order chi connectivity index (χ0) is 30.6. The summed E-state index contributed by atoms with van der Waals surface area (Å²) >= 11 is 0. The Morgan fingerprint density at radius 1 is 0.907 bits per heavy atom. The lowest BCUT2D eigenvalue weighted by Crippen LogP contribution is -2.14. The second kappa shape index (κ2) is 16.4. The minimum Gasteiger partial charge on any atom is -0.489 e. The summed E-state index contributed by atoms with van der Waals surface area (Å²) < 4.78 is 26.9. The molecular formula is C38H47FO4. The van der Waals surface area contributed by atoms with E-state index < -0.39 is 5.97 Å². The van der Waals surface area contributed by atoms with Gasteiger partial charge in [0.1, 0.15) is 24.8 Å². The van der Waals surface area contributed by atoms with Gasteiger partial charge in [-0.2, -0.15) is 0 Å². The third-order valence-corrected chi connectivity index (χ3v) is 8.63. The predicted molar refractivity (Wildman–Crippen MR) is 173 cm³/mol. The van der Waals surface area contributed by atoms with Gasteiger partial charge in [-0.15, -0.1) is 0 Å². The van der Waals surface area contributed by atoms with E-state index in [0.29, 0.717) is 29.2 Å². The van der Waals surface area contributed by atoms with E-state index >= 15 is 4.39 Å². The number of aliphatic hydroxyl groups is 1. The molecule has 0 bridgehead atoms. The first-order valence-electron chi connectivity index (χ1n) is 16.0. The van der Waals surface area contributed by atoms with Gasteiger partial charge in [-0.1, -0.05) is 87.7 Å². The van der Waals surface area contributed by atoms with Crippen LogP contribution in [0.2, 0.25) is 0 Å². The summed E-state index contributed by atoms with van der Waals surface area (Å²) in [5.41, 5.74) is 5.63. The number of unbranched alkanes of at least 4 members (excludes halogenated alkanes) is 2. The summed E-state index contributed by atoms with van der Waals surface area (Å²) in [6.45, 7) is 7.97. The van der Waals surface area contributed by atoms with E-state index in [-0.39, 0.29) is 25.6 Å². The average molecular weight is 587 g/mol. The Morgan fingerprint density at radius 2 is 1.63 bits per heavy atom. The van der Waals surface area contributed by atoms with Crippen LogP contribution in [0.3, 0.4) is 0 Å². The third-order valence-electron chi connectivity index (χ3n) is 8.63. The van der Waals surface area contributed by atoms with Crippen molar-refractivity contribution in [2.24, 2.45) is 5.92 Å². The standard InChI is InChI=1S/C38H47FO4/c1-4-5-6-8-28-10-14-30(15-11-28)32-18-21-35(37(26-32)42-23-24-43-38(41)27(2)3)33-19-20-34(36(39)25-33)31-16-12-29(13-17-31)9-7-22-40/h12-13,16-21,25-26,28,30,40H,2,4-11,14-15,22-24H2,1,3H3. The lowest BCUT2D eigenvalue weighted by atomic mass is 9.77. The van der Waals surface area contributed by atoms with E-state index in [4.69, 9.17) is 14.6 Å². The maximum absolute atomic E-state index is 15.5. The van der Waals surface area contributed by atoms with Crippen LogP contribution in [-0.2, 0) is 16.0 Å². The Morgan fingerprint density at radius 3 is 2.30 bits per heavy atom. The van der Waals surface area contributed by atoms with Crippen LogP contribution in [0.15, 0.2) is 72.8 Å². The molecule has 0 atom stereocenters. The van der Waals surface area contributed by atoms with Gasteiger partial charge < -0.3 is 14.6 Å². The summed E-state index contributed by atoms with van der Waals surface area (Å²) in [5.74, 6) is 1.26. The molecule has 0 spiro atoms. The van der Waals surface area contributed by atoms with Crippen LogP contribution >= 0.6 is 0 Å². The van der Waals surface area contributed by atoms with E-state index in [1.165, 1.54) is 56.9 Å². The highest BCUT2D eigenvalue weighted by Crippen LogP contribution is 2.41. The molecule has 4 rings (SSSR count). The first-order chi connectivity index (χ1) is 20.9.